The molecule has 0 unspecified atom stereocenters. The lowest BCUT2D eigenvalue weighted by Gasteiger charge is -2.01. The molecular weight excluding hydrogens is 213 g/mol. The van der Waals surface area contributed by atoms with Gasteiger partial charge in [0.2, 0.25) is 0 Å². The minimum Gasteiger partial charge on any atom is -0.311 e. The lowest BCUT2D eigenvalue weighted by atomic mass is 10.4. The van der Waals surface area contributed by atoms with E-state index in [-0.39, 0.29) is 0 Å². The highest BCUT2D eigenvalue weighted by atomic mass is 35.5. The molecule has 1 aromatic carbocycles. The van der Waals surface area contributed by atoms with E-state index in [2.05, 4.69) is 5.32 Å². The standard InChI is InChI=1S/C8H9Cl2NS/c1-11-5-12-6-2-3-7(9)8(10)4-6/h2-4,11H,5H2,1H3. The Kier molecular flexibility index (Phi) is 4.22. The van der Waals surface area contributed by atoms with Crippen molar-refractivity contribution >= 4 is 35.0 Å². The van der Waals surface area contributed by atoms with Crippen LogP contribution in [0.25, 0.3) is 0 Å². The number of rotatable bonds is 3. The summed E-state index contributed by atoms with van der Waals surface area (Å²) in [5, 5.41) is 4.25. The Balaban J connectivity index is 2.69. The topological polar surface area (TPSA) is 12.0 Å². The zero-order valence-electron chi connectivity index (χ0n) is 6.60. The highest BCUT2D eigenvalue weighted by Gasteiger charge is 1.98. The molecule has 1 nitrogen and oxygen atoms in total. The molecule has 0 aliphatic heterocycles. The molecule has 4 heteroatoms. The van der Waals surface area contributed by atoms with Crippen LogP contribution in [-0.4, -0.2) is 12.9 Å². The molecule has 0 spiro atoms. The summed E-state index contributed by atoms with van der Waals surface area (Å²) in [6, 6.07) is 5.63. The normalized spacial score (nSPS) is 10.2. The Labute approximate surface area is 86.4 Å². The molecule has 0 aliphatic carbocycles. The number of thioether (sulfide) groups is 1. The van der Waals surface area contributed by atoms with E-state index in [1.807, 2.05) is 25.2 Å². The van der Waals surface area contributed by atoms with Crippen LogP contribution in [0.4, 0.5) is 0 Å². The molecule has 1 rings (SSSR count). The van der Waals surface area contributed by atoms with Crippen molar-refractivity contribution in [1.29, 1.82) is 0 Å². The fourth-order valence-electron chi connectivity index (χ4n) is 0.722. The summed E-state index contributed by atoms with van der Waals surface area (Å²) in [7, 11) is 1.91. The maximum Gasteiger partial charge on any atom is 0.0603 e. The van der Waals surface area contributed by atoms with Gasteiger partial charge in [0.05, 0.1) is 10.0 Å². The second kappa shape index (κ2) is 4.97. The molecule has 0 saturated heterocycles. The zero-order valence-corrected chi connectivity index (χ0v) is 8.93. The summed E-state index contributed by atoms with van der Waals surface area (Å²) in [4.78, 5) is 1.12. The molecule has 12 heavy (non-hydrogen) atoms. The van der Waals surface area contributed by atoms with E-state index >= 15 is 0 Å². The van der Waals surface area contributed by atoms with Crippen molar-refractivity contribution in [1.82, 2.24) is 5.32 Å². The smallest absolute Gasteiger partial charge is 0.0603 e. The first kappa shape index (κ1) is 10.2. The van der Waals surface area contributed by atoms with Crippen LogP contribution < -0.4 is 5.32 Å². The van der Waals surface area contributed by atoms with Gasteiger partial charge in [-0.25, -0.2) is 0 Å². The Bertz CT molecular complexity index is 265. The Hall–Kier alpha value is 0.110. The van der Waals surface area contributed by atoms with E-state index in [9.17, 15) is 0 Å². The highest BCUT2D eigenvalue weighted by Crippen LogP contribution is 2.27. The predicted molar refractivity (Wildman–Crippen MR) is 56.2 cm³/mol. The van der Waals surface area contributed by atoms with Crippen LogP contribution in [0, 0.1) is 0 Å². The first-order valence-electron chi connectivity index (χ1n) is 3.46. The van der Waals surface area contributed by atoms with Crippen molar-refractivity contribution in [2.75, 3.05) is 12.9 Å². The molecule has 0 radical (unpaired) electrons. The summed E-state index contributed by atoms with van der Waals surface area (Å²) in [6.45, 7) is 0. The van der Waals surface area contributed by atoms with Crippen LogP contribution in [0.5, 0.6) is 0 Å². The Morgan fingerprint density at radius 1 is 1.33 bits per heavy atom. The number of benzene rings is 1. The molecule has 0 saturated carbocycles. The van der Waals surface area contributed by atoms with E-state index in [0.29, 0.717) is 10.0 Å². The number of hydrogen-bond donors (Lipinski definition) is 1. The summed E-state index contributed by atoms with van der Waals surface area (Å²) in [5.74, 6) is 0.873. The fourth-order valence-corrected chi connectivity index (χ4v) is 1.76. The van der Waals surface area contributed by atoms with Crippen LogP contribution in [0.3, 0.4) is 0 Å². The van der Waals surface area contributed by atoms with Gasteiger partial charge in [-0.2, -0.15) is 0 Å². The van der Waals surface area contributed by atoms with Gasteiger partial charge in [-0.1, -0.05) is 23.2 Å². The largest absolute Gasteiger partial charge is 0.311 e. The van der Waals surface area contributed by atoms with Gasteiger partial charge in [-0.3, -0.25) is 0 Å². The molecule has 0 heterocycles. The Morgan fingerprint density at radius 2 is 2.08 bits per heavy atom. The summed E-state index contributed by atoms with van der Waals surface area (Å²) >= 11 is 13.3. The molecule has 0 aromatic heterocycles. The third-order valence-electron chi connectivity index (χ3n) is 1.27. The van der Waals surface area contributed by atoms with Crippen molar-refractivity contribution < 1.29 is 0 Å². The van der Waals surface area contributed by atoms with Gasteiger partial charge in [0.1, 0.15) is 0 Å². The molecule has 0 bridgehead atoms. The van der Waals surface area contributed by atoms with Crippen molar-refractivity contribution in [3.05, 3.63) is 28.2 Å². The Morgan fingerprint density at radius 3 is 2.67 bits per heavy atom. The van der Waals surface area contributed by atoms with Crippen LogP contribution in [0.1, 0.15) is 0 Å². The minimum absolute atomic E-state index is 0.602. The van der Waals surface area contributed by atoms with E-state index in [4.69, 9.17) is 23.2 Å². The van der Waals surface area contributed by atoms with Crippen LogP contribution in [0.2, 0.25) is 10.0 Å². The number of halogens is 2. The molecule has 0 amide bonds. The second-order valence-corrected chi connectivity index (χ2v) is 4.08. The van der Waals surface area contributed by atoms with Gasteiger partial charge in [0.25, 0.3) is 0 Å². The minimum atomic E-state index is 0.602. The highest BCUT2D eigenvalue weighted by molar-refractivity contribution is 7.99. The molecule has 0 fully saturated rings. The van der Waals surface area contributed by atoms with E-state index < -0.39 is 0 Å². The van der Waals surface area contributed by atoms with Gasteiger partial charge < -0.3 is 5.32 Å². The average Bonchev–Trinajstić information content (AvgIpc) is 2.07. The maximum atomic E-state index is 5.83. The number of hydrogen-bond acceptors (Lipinski definition) is 2. The third-order valence-corrected chi connectivity index (χ3v) is 3.03. The summed E-state index contributed by atoms with van der Waals surface area (Å²) < 4.78 is 0. The lowest BCUT2D eigenvalue weighted by Crippen LogP contribution is -2.02. The van der Waals surface area contributed by atoms with Gasteiger partial charge in [0.15, 0.2) is 0 Å². The third kappa shape index (κ3) is 2.87. The molecule has 0 atom stereocenters. The van der Waals surface area contributed by atoms with Gasteiger partial charge in [0, 0.05) is 10.8 Å². The van der Waals surface area contributed by atoms with Gasteiger partial charge in [-0.05, 0) is 25.2 Å². The summed E-state index contributed by atoms with van der Waals surface area (Å²) in [6.07, 6.45) is 0. The first-order valence-corrected chi connectivity index (χ1v) is 5.20. The fraction of sp³-hybridized carbons (Fsp3) is 0.250. The predicted octanol–water partition coefficient (Wildman–Crippen LogP) is 3.26. The average molecular weight is 222 g/mol. The van der Waals surface area contributed by atoms with Crippen LogP contribution in [-0.2, 0) is 0 Å². The molecule has 66 valence electrons. The van der Waals surface area contributed by atoms with Crippen molar-refractivity contribution in [3.63, 3.8) is 0 Å². The molecule has 0 aliphatic rings. The second-order valence-electron chi connectivity index (χ2n) is 2.22. The molecule has 1 aromatic rings. The lowest BCUT2D eigenvalue weighted by molar-refractivity contribution is 0.982. The number of nitrogens with one attached hydrogen (secondary N) is 1. The SMILES string of the molecule is CNCSc1ccc(Cl)c(Cl)c1. The van der Waals surface area contributed by atoms with Gasteiger partial charge >= 0.3 is 0 Å². The van der Waals surface area contributed by atoms with Crippen molar-refractivity contribution in [2.45, 2.75) is 4.90 Å². The van der Waals surface area contributed by atoms with Crippen molar-refractivity contribution in [3.8, 4) is 0 Å². The molecule has 1 N–H and O–H groups in total. The zero-order chi connectivity index (χ0) is 8.97. The van der Waals surface area contributed by atoms with Crippen LogP contribution >= 0.6 is 35.0 Å². The quantitative estimate of drug-likeness (QED) is 0.622. The monoisotopic (exact) mass is 221 g/mol. The van der Waals surface area contributed by atoms with Crippen LogP contribution in [0.15, 0.2) is 23.1 Å². The summed E-state index contributed by atoms with van der Waals surface area (Å²) in [5.41, 5.74) is 0. The van der Waals surface area contributed by atoms with E-state index in [0.717, 1.165) is 10.8 Å². The molecular formula is C8H9Cl2NS. The van der Waals surface area contributed by atoms with E-state index in [1.54, 1.807) is 11.8 Å². The van der Waals surface area contributed by atoms with E-state index in [1.165, 1.54) is 0 Å². The van der Waals surface area contributed by atoms with Crippen molar-refractivity contribution in [2.24, 2.45) is 0 Å². The van der Waals surface area contributed by atoms with Gasteiger partial charge in [-0.15, -0.1) is 11.8 Å². The maximum absolute atomic E-state index is 5.83. The first-order chi connectivity index (χ1) is 5.74.